The number of aryl methyl sites for hydroxylation is 1. The van der Waals surface area contributed by atoms with Crippen molar-refractivity contribution in [1.29, 1.82) is 5.26 Å². The van der Waals surface area contributed by atoms with E-state index in [1.165, 1.54) is 11.3 Å². The molecule has 0 spiro atoms. The van der Waals surface area contributed by atoms with Gasteiger partial charge in [0.1, 0.15) is 15.2 Å². The van der Waals surface area contributed by atoms with Gasteiger partial charge >= 0.3 is 0 Å². The van der Waals surface area contributed by atoms with Gasteiger partial charge in [0.2, 0.25) is 5.91 Å². The summed E-state index contributed by atoms with van der Waals surface area (Å²) in [6.45, 7) is 9.40. The maximum absolute atomic E-state index is 13.1. The number of aromatic nitrogens is 2. The first-order chi connectivity index (χ1) is 16.7. The van der Waals surface area contributed by atoms with Gasteiger partial charge in [-0.3, -0.25) is 14.6 Å². The number of anilines is 2. The van der Waals surface area contributed by atoms with Gasteiger partial charge in [0.05, 0.1) is 17.4 Å². The molecule has 1 aliphatic rings. The van der Waals surface area contributed by atoms with Crippen LogP contribution in [0.15, 0.2) is 61.0 Å². The molecular weight excluding hydrogens is 458 g/mol. The van der Waals surface area contributed by atoms with Crippen LogP contribution in [0.4, 0.5) is 11.4 Å². The molecule has 2 aromatic heterocycles. The molecule has 0 bridgehead atoms. The van der Waals surface area contributed by atoms with Crippen LogP contribution in [0.2, 0.25) is 0 Å². The molecule has 176 valence electrons. The van der Waals surface area contributed by atoms with Crippen molar-refractivity contribution in [3.8, 4) is 6.07 Å². The number of carbonyl (C=O) groups is 2. The predicted molar refractivity (Wildman–Crippen MR) is 140 cm³/mol. The maximum atomic E-state index is 13.1. The summed E-state index contributed by atoms with van der Waals surface area (Å²) >= 11 is 1.26. The van der Waals surface area contributed by atoms with E-state index in [1.54, 1.807) is 30.6 Å². The Bertz CT molecular complexity index is 1440. The van der Waals surface area contributed by atoms with E-state index in [1.807, 2.05) is 45.1 Å². The van der Waals surface area contributed by atoms with E-state index >= 15 is 0 Å². The smallest absolute Gasteiger partial charge is 0.266 e. The third-order valence-corrected chi connectivity index (χ3v) is 7.13. The quantitative estimate of drug-likeness (QED) is 0.455. The SMILES string of the molecule is C=Cc1c(C(=O)Nc2cc(NC(=O)C3C=CC=C(C(C)(C)C#N)C3)ccc2C)sc2nccnc12. The molecule has 0 radical (unpaired) electrons. The number of hydrogen-bond acceptors (Lipinski definition) is 6. The van der Waals surface area contributed by atoms with Gasteiger partial charge in [0.15, 0.2) is 0 Å². The van der Waals surface area contributed by atoms with Crippen LogP contribution in [-0.2, 0) is 4.79 Å². The van der Waals surface area contributed by atoms with Crippen molar-refractivity contribution in [2.75, 3.05) is 10.6 Å². The molecule has 1 atom stereocenters. The first-order valence-electron chi connectivity index (χ1n) is 11.1. The minimum absolute atomic E-state index is 0.169. The van der Waals surface area contributed by atoms with Gasteiger partial charge in [-0.1, -0.05) is 36.9 Å². The molecule has 2 heterocycles. The van der Waals surface area contributed by atoms with Crippen LogP contribution in [-0.4, -0.2) is 21.8 Å². The van der Waals surface area contributed by atoms with Crippen molar-refractivity contribution < 1.29 is 9.59 Å². The molecule has 2 amide bonds. The summed E-state index contributed by atoms with van der Waals surface area (Å²) < 4.78 is 0. The van der Waals surface area contributed by atoms with Gasteiger partial charge < -0.3 is 10.6 Å². The van der Waals surface area contributed by atoms with Crippen molar-refractivity contribution in [3.05, 3.63) is 77.0 Å². The number of benzene rings is 1. The Kier molecular flexibility index (Phi) is 6.63. The molecule has 2 N–H and O–H groups in total. The number of amides is 2. The molecule has 8 heteroatoms. The molecule has 35 heavy (non-hydrogen) atoms. The molecular formula is C27H25N5O2S. The van der Waals surface area contributed by atoms with Crippen LogP contribution in [0.1, 0.15) is 41.1 Å². The molecule has 7 nitrogen and oxygen atoms in total. The average molecular weight is 484 g/mol. The van der Waals surface area contributed by atoms with Gasteiger partial charge in [-0.15, -0.1) is 11.3 Å². The Balaban J connectivity index is 1.51. The van der Waals surface area contributed by atoms with E-state index < -0.39 is 5.41 Å². The number of rotatable bonds is 6. The number of allylic oxidation sites excluding steroid dienone is 3. The Morgan fingerprint density at radius 1 is 1.26 bits per heavy atom. The summed E-state index contributed by atoms with van der Waals surface area (Å²) in [7, 11) is 0. The molecule has 1 aromatic carbocycles. The third kappa shape index (κ3) is 4.91. The Hall–Kier alpha value is -4.09. The lowest BCUT2D eigenvalue weighted by Crippen LogP contribution is -2.26. The number of nitrogens with one attached hydrogen (secondary N) is 2. The Morgan fingerprint density at radius 3 is 2.77 bits per heavy atom. The van der Waals surface area contributed by atoms with Gasteiger partial charge in [-0.05, 0) is 50.5 Å². The van der Waals surface area contributed by atoms with Gasteiger partial charge in [0.25, 0.3) is 5.91 Å². The lowest BCUT2D eigenvalue weighted by atomic mass is 9.78. The van der Waals surface area contributed by atoms with Crippen LogP contribution in [0.25, 0.3) is 16.4 Å². The van der Waals surface area contributed by atoms with Crippen LogP contribution in [0.5, 0.6) is 0 Å². The molecule has 1 unspecified atom stereocenters. The van der Waals surface area contributed by atoms with Gasteiger partial charge in [-0.25, -0.2) is 4.98 Å². The number of thiophene rings is 1. The monoisotopic (exact) mass is 483 g/mol. The van der Waals surface area contributed by atoms with Crippen molar-refractivity contribution in [2.45, 2.75) is 27.2 Å². The fraction of sp³-hybridized carbons (Fsp3) is 0.222. The zero-order valence-electron chi connectivity index (χ0n) is 19.8. The fourth-order valence-corrected chi connectivity index (χ4v) is 4.84. The number of hydrogen-bond donors (Lipinski definition) is 2. The third-order valence-electron chi connectivity index (χ3n) is 6.03. The summed E-state index contributed by atoms with van der Waals surface area (Å²) in [5.74, 6) is -0.840. The topological polar surface area (TPSA) is 108 Å². The second kappa shape index (κ2) is 9.65. The number of nitrogens with zero attached hydrogens (tertiary/aromatic N) is 3. The molecule has 1 aliphatic carbocycles. The van der Waals surface area contributed by atoms with Gasteiger partial charge in [-0.2, -0.15) is 5.26 Å². The van der Waals surface area contributed by atoms with Crippen molar-refractivity contribution in [1.82, 2.24) is 9.97 Å². The highest BCUT2D eigenvalue weighted by atomic mass is 32.1. The van der Waals surface area contributed by atoms with E-state index in [0.717, 1.165) is 11.1 Å². The van der Waals surface area contributed by atoms with E-state index in [-0.39, 0.29) is 17.7 Å². The fourth-order valence-electron chi connectivity index (χ4n) is 3.84. The summed E-state index contributed by atoms with van der Waals surface area (Å²) in [5, 5.41) is 15.3. The second-order valence-corrected chi connectivity index (χ2v) is 9.86. The first-order valence-corrected chi connectivity index (χ1v) is 11.9. The highest BCUT2D eigenvalue weighted by molar-refractivity contribution is 7.20. The summed E-state index contributed by atoms with van der Waals surface area (Å²) in [5.41, 5.74) is 3.59. The summed E-state index contributed by atoms with van der Waals surface area (Å²) in [6.07, 6.45) is 10.8. The number of fused-ring (bicyclic) bond motifs is 1. The second-order valence-electron chi connectivity index (χ2n) is 8.86. The molecule has 0 saturated heterocycles. The highest BCUT2D eigenvalue weighted by Crippen LogP contribution is 2.34. The zero-order chi connectivity index (χ0) is 25.2. The standard InChI is InChI=1S/C27H25N5O2S/c1-5-20-22-26(30-12-11-29-22)35-23(20)25(34)32-21-14-19(10-9-16(21)2)31-24(33)17-7-6-8-18(13-17)27(3,4)15-28/h5-12,14,17H,1,13H2,2-4H3,(H,31,33)(H,32,34). The van der Waals surface area contributed by atoms with Crippen LogP contribution in [0.3, 0.4) is 0 Å². The van der Waals surface area contributed by atoms with E-state index in [0.29, 0.717) is 38.6 Å². The van der Waals surface area contributed by atoms with E-state index in [2.05, 4.69) is 33.2 Å². The normalized spacial score (nSPS) is 15.3. The summed E-state index contributed by atoms with van der Waals surface area (Å²) in [6, 6.07) is 7.68. The average Bonchev–Trinajstić information content (AvgIpc) is 3.25. The molecule has 4 rings (SSSR count). The molecule has 0 fully saturated rings. The van der Waals surface area contributed by atoms with E-state index in [4.69, 9.17) is 0 Å². The lowest BCUT2D eigenvalue weighted by molar-refractivity contribution is -0.118. The minimum atomic E-state index is -0.632. The minimum Gasteiger partial charge on any atom is -0.325 e. The zero-order valence-corrected chi connectivity index (χ0v) is 20.6. The summed E-state index contributed by atoms with van der Waals surface area (Å²) in [4.78, 5) is 35.8. The van der Waals surface area contributed by atoms with Crippen LogP contribution < -0.4 is 10.6 Å². The van der Waals surface area contributed by atoms with Crippen molar-refractivity contribution in [3.63, 3.8) is 0 Å². The molecule has 3 aromatic rings. The molecule has 0 saturated carbocycles. The maximum Gasteiger partial charge on any atom is 0.266 e. The Labute approximate surface area is 207 Å². The molecule has 0 aliphatic heterocycles. The number of carbonyl (C=O) groups excluding carboxylic acids is 2. The van der Waals surface area contributed by atoms with Crippen LogP contribution >= 0.6 is 11.3 Å². The predicted octanol–water partition coefficient (Wildman–Crippen LogP) is 5.89. The van der Waals surface area contributed by atoms with Crippen LogP contribution in [0, 0.1) is 29.6 Å². The van der Waals surface area contributed by atoms with Crippen molar-refractivity contribution in [2.24, 2.45) is 11.3 Å². The first kappa shape index (κ1) is 24.0. The highest BCUT2D eigenvalue weighted by Gasteiger charge is 2.29. The van der Waals surface area contributed by atoms with Gasteiger partial charge in [0, 0.05) is 29.3 Å². The van der Waals surface area contributed by atoms with E-state index in [9.17, 15) is 14.9 Å². The largest absolute Gasteiger partial charge is 0.325 e. The Morgan fingerprint density at radius 2 is 2.03 bits per heavy atom. The number of nitriles is 1. The lowest BCUT2D eigenvalue weighted by Gasteiger charge is -2.25. The van der Waals surface area contributed by atoms with Crippen molar-refractivity contribution >= 4 is 50.9 Å².